The van der Waals surface area contributed by atoms with E-state index in [-0.39, 0.29) is 0 Å². The third-order valence-electron chi connectivity index (χ3n) is 2.84. The average Bonchev–Trinajstić information content (AvgIpc) is 3.04. The number of pyridine rings is 1. The second kappa shape index (κ2) is 5.05. The minimum absolute atomic E-state index is 0.324. The highest BCUT2D eigenvalue weighted by Crippen LogP contribution is 2.26. The Kier molecular flexibility index (Phi) is 3.23. The molecule has 102 valence electrons. The first kappa shape index (κ1) is 12.8. The highest BCUT2D eigenvalue weighted by molar-refractivity contribution is 7.15. The molecule has 3 aromatic heterocycles. The number of carbonyl (C=O) groups excluding carboxylic acids is 1. The van der Waals surface area contributed by atoms with E-state index in [9.17, 15) is 4.79 Å². The van der Waals surface area contributed by atoms with Gasteiger partial charge in [-0.2, -0.15) is 0 Å². The van der Waals surface area contributed by atoms with Crippen LogP contribution in [0.3, 0.4) is 0 Å². The van der Waals surface area contributed by atoms with Crippen molar-refractivity contribution >= 4 is 23.0 Å². The van der Waals surface area contributed by atoms with Crippen molar-refractivity contribution in [3.05, 3.63) is 41.4 Å². The monoisotopic (exact) mass is 287 g/mol. The van der Waals surface area contributed by atoms with Gasteiger partial charge in [-0.1, -0.05) is 0 Å². The Bertz CT molecular complexity index is 776. The first-order valence-corrected chi connectivity index (χ1v) is 7.07. The van der Waals surface area contributed by atoms with Crippen molar-refractivity contribution in [1.82, 2.24) is 14.4 Å². The Labute approximate surface area is 119 Å². The molecule has 0 unspecified atom stereocenters. The van der Waals surface area contributed by atoms with E-state index in [1.54, 1.807) is 24.5 Å². The molecule has 0 radical (unpaired) electrons. The summed E-state index contributed by atoms with van der Waals surface area (Å²) >= 11 is 1.63. The van der Waals surface area contributed by atoms with Gasteiger partial charge in [0, 0.05) is 24.2 Å². The van der Waals surface area contributed by atoms with E-state index in [2.05, 4.69) is 9.97 Å². The summed E-state index contributed by atoms with van der Waals surface area (Å²) < 4.78 is 6.78. The van der Waals surface area contributed by atoms with Gasteiger partial charge in [-0.15, -0.1) is 11.3 Å². The van der Waals surface area contributed by atoms with Gasteiger partial charge in [0.05, 0.1) is 16.5 Å². The van der Waals surface area contributed by atoms with E-state index in [1.165, 1.54) is 0 Å². The van der Waals surface area contributed by atoms with Crippen LogP contribution in [0.15, 0.2) is 30.7 Å². The summed E-state index contributed by atoms with van der Waals surface area (Å²) in [6.07, 6.45) is 5.48. The largest absolute Gasteiger partial charge is 0.461 e. The van der Waals surface area contributed by atoms with Crippen LogP contribution in [0.2, 0.25) is 0 Å². The van der Waals surface area contributed by atoms with Gasteiger partial charge in [0.2, 0.25) is 0 Å². The molecule has 3 heterocycles. The highest BCUT2D eigenvalue weighted by atomic mass is 32.1. The summed E-state index contributed by atoms with van der Waals surface area (Å²) in [5.74, 6) is -0.397. The minimum atomic E-state index is -0.397. The lowest BCUT2D eigenvalue weighted by molar-refractivity contribution is 0.0520. The summed E-state index contributed by atoms with van der Waals surface area (Å²) in [5.41, 5.74) is 2.10. The molecule has 0 spiro atoms. The molecule has 0 N–H and O–H groups in total. The second-order valence-electron chi connectivity index (χ2n) is 4.27. The lowest BCUT2D eigenvalue weighted by Gasteiger charge is -1.98. The fraction of sp³-hybridized carbons (Fsp3) is 0.214. The minimum Gasteiger partial charge on any atom is -0.461 e. The molecule has 0 atom stereocenters. The van der Waals surface area contributed by atoms with Crippen LogP contribution in [0.4, 0.5) is 0 Å². The SMILES string of the molecule is CCOC(=O)c1cn2cc(-c3cnc(C)s3)ccc2n1. The molecule has 3 aromatic rings. The van der Waals surface area contributed by atoms with Gasteiger partial charge in [-0.05, 0) is 26.0 Å². The van der Waals surface area contributed by atoms with Crippen LogP contribution < -0.4 is 0 Å². The van der Waals surface area contributed by atoms with E-state index >= 15 is 0 Å². The van der Waals surface area contributed by atoms with Gasteiger partial charge in [0.15, 0.2) is 5.69 Å². The quantitative estimate of drug-likeness (QED) is 0.695. The smallest absolute Gasteiger partial charge is 0.358 e. The van der Waals surface area contributed by atoms with Crippen molar-refractivity contribution in [3.8, 4) is 10.4 Å². The molecule has 0 saturated heterocycles. The van der Waals surface area contributed by atoms with Gasteiger partial charge < -0.3 is 9.14 Å². The van der Waals surface area contributed by atoms with Crippen molar-refractivity contribution < 1.29 is 9.53 Å². The number of imidazole rings is 1. The Hall–Kier alpha value is -2.21. The number of aromatic nitrogens is 3. The third-order valence-corrected chi connectivity index (χ3v) is 3.80. The van der Waals surface area contributed by atoms with Gasteiger partial charge in [-0.3, -0.25) is 0 Å². The predicted octanol–water partition coefficient (Wildman–Crippen LogP) is 2.94. The predicted molar refractivity (Wildman–Crippen MR) is 77.0 cm³/mol. The highest BCUT2D eigenvalue weighted by Gasteiger charge is 2.12. The van der Waals surface area contributed by atoms with E-state index in [0.29, 0.717) is 12.3 Å². The maximum Gasteiger partial charge on any atom is 0.358 e. The van der Waals surface area contributed by atoms with Gasteiger partial charge in [-0.25, -0.2) is 14.8 Å². The zero-order valence-corrected chi connectivity index (χ0v) is 12.0. The van der Waals surface area contributed by atoms with Crippen molar-refractivity contribution in [2.45, 2.75) is 13.8 Å². The molecule has 20 heavy (non-hydrogen) atoms. The lowest BCUT2D eigenvalue weighted by atomic mass is 10.2. The number of nitrogens with zero attached hydrogens (tertiary/aromatic N) is 3. The first-order valence-electron chi connectivity index (χ1n) is 6.26. The van der Waals surface area contributed by atoms with Gasteiger partial charge in [0.1, 0.15) is 5.65 Å². The van der Waals surface area contributed by atoms with Crippen LogP contribution in [0.25, 0.3) is 16.1 Å². The number of hydrogen-bond donors (Lipinski definition) is 0. The van der Waals surface area contributed by atoms with Crippen LogP contribution in [0.1, 0.15) is 22.4 Å². The summed E-state index contributed by atoms with van der Waals surface area (Å²) in [5, 5.41) is 1.03. The molecule has 0 fully saturated rings. The van der Waals surface area contributed by atoms with Crippen LogP contribution in [-0.4, -0.2) is 26.9 Å². The van der Waals surface area contributed by atoms with Crippen molar-refractivity contribution in [1.29, 1.82) is 0 Å². The Morgan fingerprint density at radius 1 is 1.40 bits per heavy atom. The first-order chi connectivity index (χ1) is 9.67. The van der Waals surface area contributed by atoms with E-state index in [4.69, 9.17) is 4.74 Å². The molecule has 0 bridgehead atoms. The number of carbonyl (C=O) groups is 1. The summed E-state index contributed by atoms with van der Waals surface area (Å²) in [6, 6.07) is 3.86. The van der Waals surface area contributed by atoms with Gasteiger partial charge in [0.25, 0.3) is 0 Å². The van der Waals surface area contributed by atoms with Crippen LogP contribution >= 0.6 is 11.3 Å². The fourth-order valence-electron chi connectivity index (χ4n) is 1.94. The molecule has 3 rings (SSSR count). The Morgan fingerprint density at radius 3 is 2.95 bits per heavy atom. The standard InChI is InChI=1S/C14H13N3O2S/c1-3-19-14(18)11-8-17-7-10(4-5-13(17)16-11)12-6-15-9(2)20-12/h4-8H,3H2,1-2H3. The second-order valence-corrected chi connectivity index (χ2v) is 5.51. The van der Waals surface area contributed by atoms with Crippen molar-refractivity contribution in [2.75, 3.05) is 6.61 Å². The molecule has 0 aliphatic carbocycles. The zero-order chi connectivity index (χ0) is 14.1. The third kappa shape index (κ3) is 2.30. The maximum absolute atomic E-state index is 11.7. The number of fused-ring (bicyclic) bond motifs is 1. The summed E-state index contributed by atoms with van der Waals surface area (Å²) in [4.78, 5) is 21.3. The molecule has 0 saturated carbocycles. The molecule has 0 aromatic carbocycles. The molecule has 0 aliphatic heterocycles. The van der Waals surface area contributed by atoms with Crippen LogP contribution in [0, 0.1) is 6.92 Å². The Balaban J connectivity index is 2.01. The van der Waals surface area contributed by atoms with Crippen molar-refractivity contribution in [2.24, 2.45) is 0 Å². The summed E-state index contributed by atoms with van der Waals surface area (Å²) in [7, 11) is 0. The number of esters is 1. The molecular weight excluding hydrogens is 274 g/mol. The van der Waals surface area contributed by atoms with Crippen molar-refractivity contribution in [3.63, 3.8) is 0 Å². The van der Waals surface area contributed by atoms with Gasteiger partial charge >= 0.3 is 5.97 Å². The number of rotatable bonds is 3. The number of aryl methyl sites for hydroxylation is 1. The van der Waals surface area contributed by atoms with E-state index in [0.717, 1.165) is 21.1 Å². The summed E-state index contributed by atoms with van der Waals surface area (Å²) in [6.45, 7) is 4.10. The average molecular weight is 287 g/mol. The maximum atomic E-state index is 11.7. The lowest BCUT2D eigenvalue weighted by Crippen LogP contribution is -2.04. The molecule has 0 amide bonds. The zero-order valence-electron chi connectivity index (χ0n) is 11.2. The number of ether oxygens (including phenoxy) is 1. The topological polar surface area (TPSA) is 56.5 Å². The number of thiazole rings is 1. The van der Waals surface area contributed by atoms with E-state index in [1.807, 2.05) is 35.9 Å². The molecule has 6 heteroatoms. The van der Waals surface area contributed by atoms with E-state index < -0.39 is 5.97 Å². The Morgan fingerprint density at radius 2 is 2.25 bits per heavy atom. The fourth-order valence-corrected chi connectivity index (χ4v) is 2.70. The van der Waals surface area contributed by atoms with Crippen LogP contribution in [-0.2, 0) is 4.74 Å². The van der Waals surface area contributed by atoms with Crippen LogP contribution in [0.5, 0.6) is 0 Å². The number of hydrogen-bond acceptors (Lipinski definition) is 5. The molecule has 5 nitrogen and oxygen atoms in total. The molecule has 0 aliphatic rings. The molecular formula is C14H13N3O2S. The normalized spacial score (nSPS) is 10.9.